The van der Waals surface area contributed by atoms with Crippen molar-refractivity contribution in [1.29, 1.82) is 0 Å². The number of fused-ring (bicyclic) bond motifs is 10. The molecule has 0 bridgehead atoms. The topological polar surface area (TPSA) is 9.86 Å². The van der Waals surface area contributed by atoms with Crippen molar-refractivity contribution in [2.75, 3.05) is 0 Å². The highest BCUT2D eigenvalue weighted by atomic mass is 32.1. The molecule has 0 aliphatic heterocycles. The molecule has 0 saturated carbocycles. The van der Waals surface area contributed by atoms with Crippen LogP contribution >= 0.6 is 22.7 Å². The molecule has 0 aliphatic carbocycles. The number of hydrogen-bond acceptors (Lipinski definition) is 2. The number of rotatable bonds is 7. The quantitative estimate of drug-likeness (QED) is 0.141. The van der Waals surface area contributed by atoms with E-state index in [1.165, 1.54) is 145 Å². The van der Waals surface area contributed by atoms with Crippen LogP contribution in [0, 0.1) is 0 Å². The second-order valence-corrected chi connectivity index (χ2v) is 22.0. The van der Waals surface area contributed by atoms with E-state index in [-0.39, 0.29) is 0 Å². The zero-order chi connectivity index (χ0) is 49.8. The number of nitrogens with zero attached hydrogens (tertiary/aromatic N) is 2. The van der Waals surface area contributed by atoms with Crippen LogP contribution in [0.1, 0.15) is 0 Å². The molecule has 4 heteroatoms. The van der Waals surface area contributed by atoms with Crippen molar-refractivity contribution in [2.45, 2.75) is 0 Å². The lowest BCUT2D eigenvalue weighted by Gasteiger charge is -2.20. The van der Waals surface area contributed by atoms with Crippen LogP contribution in [0.5, 0.6) is 0 Å². The monoisotopic (exact) mass is 1000 g/mol. The second kappa shape index (κ2) is 17.1. The Hall–Kier alpha value is -9.32. The third kappa shape index (κ3) is 6.45. The lowest BCUT2D eigenvalue weighted by molar-refractivity contribution is 1.18. The van der Waals surface area contributed by atoms with Crippen LogP contribution in [0.15, 0.2) is 267 Å². The maximum atomic E-state index is 2.46. The molecule has 12 aromatic carbocycles. The van der Waals surface area contributed by atoms with Crippen LogP contribution in [0.25, 0.3) is 151 Å². The molecule has 0 spiro atoms. The molecular weight excluding hydrogens is 957 g/mol. The zero-order valence-corrected chi connectivity index (χ0v) is 42.7. The molecule has 0 unspecified atom stereocenters. The minimum Gasteiger partial charge on any atom is -0.309 e. The second-order valence-electron chi connectivity index (χ2n) is 19.8. The van der Waals surface area contributed by atoms with Crippen LogP contribution in [0.3, 0.4) is 0 Å². The largest absolute Gasteiger partial charge is 0.309 e. The van der Waals surface area contributed by atoms with Gasteiger partial charge in [-0.3, -0.25) is 0 Å². The van der Waals surface area contributed by atoms with E-state index in [0.29, 0.717) is 0 Å². The van der Waals surface area contributed by atoms with Crippen molar-refractivity contribution < 1.29 is 0 Å². The molecule has 0 saturated heterocycles. The molecule has 0 N–H and O–H groups in total. The summed E-state index contributed by atoms with van der Waals surface area (Å²) in [5.41, 5.74) is 14.7. The molecule has 76 heavy (non-hydrogen) atoms. The predicted molar refractivity (Wildman–Crippen MR) is 328 cm³/mol. The van der Waals surface area contributed by atoms with Gasteiger partial charge >= 0.3 is 0 Å². The first-order chi connectivity index (χ1) is 37.7. The fraction of sp³-hybridized carbons (Fsp3) is 0. The van der Waals surface area contributed by atoms with E-state index in [0.717, 1.165) is 5.69 Å². The minimum atomic E-state index is 1.16. The van der Waals surface area contributed by atoms with Crippen LogP contribution in [0.4, 0.5) is 0 Å². The van der Waals surface area contributed by atoms with E-state index >= 15 is 0 Å². The maximum Gasteiger partial charge on any atom is 0.0541 e. The third-order valence-electron chi connectivity index (χ3n) is 15.8. The van der Waals surface area contributed by atoms with Crippen LogP contribution in [-0.2, 0) is 0 Å². The van der Waals surface area contributed by atoms with E-state index in [1.807, 2.05) is 22.7 Å². The molecule has 0 aliphatic rings. The molecule has 16 rings (SSSR count). The number of benzene rings is 12. The van der Waals surface area contributed by atoms with E-state index in [2.05, 4.69) is 276 Å². The van der Waals surface area contributed by atoms with Crippen molar-refractivity contribution in [3.8, 4) is 64.3 Å². The Balaban J connectivity index is 0.806. The van der Waals surface area contributed by atoms with Crippen molar-refractivity contribution in [2.24, 2.45) is 0 Å². The van der Waals surface area contributed by atoms with E-state index in [9.17, 15) is 0 Å². The average Bonchev–Trinajstić information content (AvgIpc) is 4.32. The van der Waals surface area contributed by atoms with Crippen LogP contribution < -0.4 is 0 Å². The van der Waals surface area contributed by atoms with Gasteiger partial charge in [0.15, 0.2) is 0 Å². The highest BCUT2D eigenvalue weighted by Crippen LogP contribution is 2.51. The SMILES string of the molecule is c1ccc(-n2c3ccccc3c3ccccc32)c(-c2c3ccccc3c(-c3ccc(-c4ccc(-c5c6ccccc6c(-c6ccc(-n7c8ccccc8c8ccccc87)cc6)c6ccccc56)s4)s3)c3ccccc23)c1. The van der Waals surface area contributed by atoms with Gasteiger partial charge in [0.05, 0.1) is 27.8 Å². The molecule has 4 heterocycles. The van der Waals surface area contributed by atoms with Gasteiger partial charge < -0.3 is 9.13 Å². The number of thiophene rings is 2. The summed E-state index contributed by atoms with van der Waals surface area (Å²) in [6, 6.07) is 98.8. The summed E-state index contributed by atoms with van der Waals surface area (Å²) in [5, 5.41) is 15.1. The Labute approximate surface area is 446 Å². The predicted octanol–water partition coefficient (Wildman–Crippen LogP) is 21.0. The van der Waals surface area contributed by atoms with E-state index in [4.69, 9.17) is 0 Å². The summed E-state index contributed by atoms with van der Waals surface area (Å²) >= 11 is 3.79. The van der Waals surface area contributed by atoms with Gasteiger partial charge in [0.2, 0.25) is 0 Å². The third-order valence-corrected chi connectivity index (χ3v) is 18.2. The summed E-state index contributed by atoms with van der Waals surface area (Å²) in [6.07, 6.45) is 0. The molecule has 0 fully saturated rings. The number of para-hydroxylation sites is 5. The summed E-state index contributed by atoms with van der Waals surface area (Å²) in [5.74, 6) is 0. The van der Waals surface area contributed by atoms with Crippen LogP contribution in [-0.4, -0.2) is 9.13 Å². The Morgan fingerprint density at radius 2 is 0.513 bits per heavy atom. The van der Waals surface area contributed by atoms with Crippen molar-refractivity contribution in [1.82, 2.24) is 9.13 Å². The Morgan fingerprint density at radius 3 is 0.921 bits per heavy atom. The highest BCUT2D eigenvalue weighted by Gasteiger charge is 2.23. The smallest absolute Gasteiger partial charge is 0.0541 e. The average molecular weight is 1000 g/mol. The first kappa shape index (κ1) is 43.1. The van der Waals surface area contributed by atoms with E-state index < -0.39 is 0 Å². The number of aromatic nitrogens is 2. The fourth-order valence-corrected chi connectivity index (χ4v) is 14.9. The standard InChI is InChI=1S/C72H44N2S2/c1-5-27-55-51(23-1)69(45-37-39-46(40-38-45)73-60-32-14-9-19-47(60)48-20-10-15-33-61(48)73)52-24-2-6-28-56(52)71(55)67-43-41-65(75-67)66-42-44-68(76-66)72-57-29-7-3-25-53(57)70(54-26-4-8-30-58(54)72)59-31-13-18-36-64(59)74-62-34-16-11-21-49(62)50-22-12-17-35-63(50)74/h1-44H. The van der Waals surface area contributed by atoms with Crippen molar-refractivity contribution >= 4 is 109 Å². The first-order valence-corrected chi connectivity index (χ1v) is 27.6. The molecule has 2 nitrogen and oxygen atoms in total. The lowest BCUT2D eigenvalue weighted by Crippen LogP contribution is -1.98. The summed E-state index contributed by atoms with van der Waals surface area (Å²) in [7, 11) is 0. The summed E-state index contributed by atoms with van der Waals surface area (Å²) < 4.78 is 4.86. The number of hydrogen-bond donors (Lipinski definition) is 0. The Morgan fingerprint density at radius 1 is 0.211 bits per heavy atom. The minimum absolute atomic E-state index is 1.16. The summed E-state index contributed by atoms with van der Waals surface area (Å²) in [4.78, 5) is 5.08. The Kier molecular flexibility index (Phi) is 9.71. The van der Waals surface area contributed by atoms with Crippen LogP contribution in [0.2, 0.25) is 0 Å². The van der Waals surface area contributed by atoms with Gasteiger partial charge in [-0.25, -0.2) is 0 Å². The van der Waals surface area contributed by atoms with Gasteiger partial charge in [0.1, 0.15) is 0 Å². The van der Waals surface area contributed by atoms with Gasteiger partial charge in [-0.05, 0) is 127 Å². The normalized spacial score (nSPS) is 11.9. The zero-order valence-electron chi connectivity index (χ0n) is 41.1. The molecular formula is C72H44N2S2. The van der Waals surface area contributed by atoms with Gasteiger partial charge in [-0.2, -0.15) is 0 Å². The van der Waals surface area contributed by atoms with Gasteiger partial charge in [-0.15, -0.1) is 22.7 Å². The van der Waals surface area contributed by atoms with Gasteiger partial charge in [0.25, 0.3) is 0 Å². The fourth-order valence-electron chi connectivity index (χ4n) is 12.6. The van der Waals surface area contributed by atoms with Crippen molar-refractivity contribution in [3.63, 3.8) is 0 Å². The maximum absolute atomic E-state index is 2.46. The molecule has 0 amide bonds. The van der Waals surface area contributed by atoms with E-state index in [1.54, 1.807) is 0 Å². The molecule has 354 valence electrons. The molecule has 16 aromatic rings. The first-order valence-electron chi connectivity index (χ1n) is 26.0. The van der Waals surface area contributed by atoms with Gasteiger partial charge in [-0.1, -0.05) is 200 Å². The summed E-state index contributed by atoms with van der Waals surface area (Å²) in [6.45, 7) is 0. The molecule has 4 aromatic heterocycles. The lowest BCUT2D eigenvalue weighted by atomic mass is 9.87. The van der Waals surface area contributed by atoms with Gasteiger partial charge in [0, 0.05) is 63.4 Å². The van der Waals surface area contributed by atoms with Crippen molar-refractivity contribution in [3.05, 3.63) is 267 Å². The highest BCUT2D eigenvalue weighted by molar-refractivity contribution is 7.25. The molecule has 0 atom stereocenters. The molecule has 0 radical (unpaired) electrons. The Bertz CT molecular complexity index is 4780.